The van der Waals surface area contributed by atoms with E-state index < -0.39 is 11.7 Å². The van der Waals surface area contributed by atoms with Crippen LogP contribution in [0.4, 0.5) is 13.2 Å². The Balaban J connectivity index is 2.34. The van der Waals surface area contributed by atoms with E-state index in [1.165, 1.54) is 4.40 Å². The van der Waals surface area contributed by atoms with Crippen molar-refractivity contribution in [3.63, 3.8) is 0 Å². The van der Waals surface area contributed by atoms with Gasteiger partial charge in [0.25, 0.3) is 0 Å². The topological polar surface area (TPSA) is 43.3 Å². The zero-order valence-corrected chi connectivity index (χ0v) is 12.7. The Labute approximate surface area is 135 Å². The molecular formula is C16H13ClF3N3. The molecule has 0 fully saturated rings. The molecule has 23 heavy (non-hydrogen) atoms. The van der Waals surface area contributed by atoms with Crippen LogP contribution in [0.2, 0.25) is 5.02 Å². The fourth-order valence-electron chi connectivity index (χ4n) is 2.52. The summed E-state index contributed by atoms with van der Waals surface area (Å²) in [6, 6.07) is 10.00. The number of rotatable bonds is 3. The Morgan fingerprint density at radius 3 is 2.48 bits per heavy atom. The summed E-state index contributed by atoms with van der Waals surface area (Å²) in [4.78, 5) is 4.39. The van der Waals surface area contributed by atoms with Crippen molar-refractivity contribution in [3.05, 3.63) is 58.9 Å². The van der Waals surface area contributed by atoms with Gasteiger partial charge in [0.15, 0.2) is 5.65 Å². The van der Waals surface area contributed by atoms with E-state index in [1.807, 2.05) is 30.3 Å². The summed E-state index contributed by atoms with van der Waals surface area (Å²) >= 11 is 6.03. The van der Waals surface area contributed by atoms with Crippen molar-refractivity contribution in [2.75, 3.05) is 6.54 Å². The van der Waals surface area contributed by atoms with Gasteiger partial charge in [0.05, 0.1) is 22.0 Å². The maximum atomic E-state index is 13.1. The lowest BCUT2D eigenvalue weighted by atomic mass is 10.1. The molecule has 2 N–H and O–H groups in total. The lowest BCUT2D eigenvalue weighted by molar-refractivity contribution is -0.137. The zero-order valence-electron chi connectivity index (χ0n) is 11.9. The van der Waals surface area contributed by atoms with Gasteiger partial charge in [0.2, 0.25) is 0 Å². The molecule has 0 spiro atoms. The van der Waals surface area contributed by atoms with Crippen molar-refractivity contribution in [2.45, 2.75) is 12.6 Å². The molecule has 3 rings (SSSR count). The number of nitrogens with zero attached hydrogens (tertiary/aromatic N) is 2. The van der Waals surface area contributed by atoms with Crippen LogP contribution < -0.4 is 5.73 Å². The van der Waals surface area contributed by atoms with Gasteiger partial charge in [-0.1, -0.05) is 41.9 Å². The van der Waals surface area contributed by atoms with Crippen LogP contribution in [-0.4, -0.2) is 15.9 Å². The molecule has 0 aliphatic heterocycles. The zero-order chi connectivity index (χ0) is 16.6. The van der Waals surface area contributed by atoms with Crippen LogP contribution in [0.15, 0.2) is 42.6 Å². The molecule has 0 radical (unpaired) electrons. The molecule has 3 nitrogen and oxygen atoms in total. The van der Waals surface area contributed by atoms with Crippen LogP contribution in [-0.2, 0) is 12.6 Å². The standard InChI is InChI=1S/C16H13ClF3N3/c17-12-8-11(16(18,19)20)9-23-14(10-4-2-1-3-5-10)13(6-7-21)22-15(12)23/h1-5,8-9H,6-7,21H2. The predicted octanol–water partition coefficient (Wildman–Crippen LogP) is 4.17. The van der Waals surface area contributed by atoms with Gasteiger partial charge in [-0.15, -0.1) is 0 Å². The van der Waals surface area contributed by atoms with Crippen molar-refractivity contribution >= 4 is 17.2 Å². The van der Waals surface area contributed by atoms with Crippen LogP contribution in [0, 0.1) is 0 Å². The Morgan fingerprint density at radius 2 is 1.87 bits per heavy atom. The molecule has 0 unspecified atom stereocenters. The second-order valence-electron chi connectivity index (χ2n) is 5.08. The van der Waals surface area contributed by atoms with E-state index in [1.54, 1.807) is 0 Å². The predicted molar refractivity (Wildman–Crippen MR) is 83.4 cm³/mol. The van der Waals surface area contributed by atoms with Crippen molar-refractivity contribution in [3.8, 4) is 11.3 Å². The smallest absolute Gasteiger partial charge is 0.330 e. The van der Waals surface area contributed by atoms with Crippen LogP contribution in [0.25, 0.3) is 16.9 Å². The maximum absolute atomic E-state index is 13.1. The highest BCUT2D eigenvalue weighted by molar-refractivity contribution is 6.33. The summed E-state index contributed by atoms with van der Waals surface area (Å²) in [6.07, 6.45) is -3.01. The number of nitrogens with two attached hydrogens (primary N) is 1. The van der Waals surface area contributed by atoms with Crippen molar-refractivity contribution in [1.29, 1.82) is 0 Å². The lowest BCUT2D eigenvalue weighted by Gasteiger charge is -2.10. The summed E-state index contributed by atoms with van der Waals surface area (Å²) in [5, 5.41) is -0.0414. The number of imidazole rings is 1. The highest BCUT2D eigenvalue weighted by atomic mass is 35.5. The van der Waals surface area contributed by atoms with Gasteiger partial charge < -0.3 is 5.73 Å². The number of fused-ring (bicyclic) bond motifs is 1. The fraction of sp³-hybridized carbons (Fsp3) is 0.188. The fourth-order valence-corrected chi connectivity index (χ4v) is 2.77. The molecule has 2 heterocycles. The summed E-state index contributed by atoms with van der Waals surface area (Å²) in [5.41, 5.74) is 7.05. The number of aromatic nitrogens is 2. The Hall–Kier alpha value is -2.05. The third-order valence-electron chi connectivity index (χ3n) is 3.50. The van der Waals surface area contributed by atoms with E-state index in [-0.39, 0.29) is 5.02 Å². The van der Waals surface area contributed by atoms with Gasteiger partial charge in [0, 0.05) is 18.2 Å². The molecule has 3 aromatic rings. The summed E-state index contributed by atoms with van der Waals surface area (Å²) in [7, 11) is 0. The first-order chi connectivity index (χ1) is 10.9. The third-order valence-corrected chi connectivity index (χ3v) is 3.78. The van der Waals surface area contributed by atoms with Gasteiger partial charge in [-0.25, -0.2) is 4.98 Å². The van der Waals surface area contributed by atoms with E-state index in [4.69, 9.17) is 17.3 Å². The molecule has 120 valence electrons. The molecule has 1 aromatic carbocycles. The molecule has 0 atom stereocenters. The van der Waals surface area contributed by atoms with Crippen molar-refractivity contribution in [2.24, 2.45) is 5.73 Å². The molecule has 0 saturated carbocycles. The van der Waals surface area contributed by atoms with Crippen LogP contribution >= 0.6 is 11.6 Å². The molecule has 2 aromatic heterocycles. The Kier molecular flexibility index (Phi) is 4.04. The van der Waals surface area contributed by atoms with E-state index >= 15 is 0 Å². The second-order valence-corrected chi connectivity index (χ2v) is 5.49. The third kappa shape index (κ3) is 2.92. The molecule has 0 aliphatic carbocycles. The van der Waals surface area contributed by atoms with Gasteiger partial charge in [-0.2, -0.15) is 13.2 Å². The number of hydrogen-bond donors (Lipinski definition) is 1. The molecule has 0 bridgehead atoms. The first-order valence-electron chi connectivity index (χ1n) is 6.95. The van der Waals surface area contributed by atoms with Gasteiger partial charge in [0.1, 0.15) is 0 Å². The van der Waals surface area contributed by atoms with E-state index in [0.29, 0.717) is 30.0 Å². The molecular weight excluding hydrogens is 327 g/mol. The monoisotopic (exact) mass is 339 g/mol. The number of benzene rings is 1. The summed E-state index contributed by atoms with van der Waals surface area (Å²) in [5.74, 6) is 0. The van der Waals surface area contributed by atoms with E-state index in [9.17, 15) is 13.2 Å². The van der Waals surface area contributed by atoms with Crippen LogP contribution in [0.5, 0.6) is 0 Å². The Bertz CT molecular complexity index is 841. The average molecular weight is 340 g/mol. The quantitative estimate of drug-likeness (QED) is 0.778. The van der Waals surface area contributed by atoms with Crippen LogP contribution in [0.3, 0.4) is 0 Å². The van der Waals surface area contributed by atoms with Crippen molar-refractivity contribution in [1.82, 2.24) is 9.38 Å². The van der Waals surface area contributed by atoms with Crippen molar-refractivity contribution < 1.29 is 13.2 Å². The first kappa shape index (κ1) is 15.8. The van der Waals surface area contributed by atoms with Crippen LogP contribution in [0.1, 0.15) is 11.3 Å². The highest BCUT2D eigenvalue weighted by Crippen LogP contribution is 2.35. The maximum Gasteiger partial charge on any atom is 0.417 e. The normalized spacial score (nSPS) is 12.0. The molecule has 0 aliphatic rings. The minimum atomic E-state index is -4.48. The average Bonchev–Trinajstić information content (AvgIpc) is 2.86. The molecule has 7 heteroatoms. The number of halogens is 4. The molecule has 0 saturated heterocycles. The van der Waals surface area contributed by atoms with Gasteiger partial charge >= 0.3 is 6.18 Å². The minimum Gasteiger partial charge on any atom is -0.330 e. The highest BCUT2D eigenvalue weighted by Gasteiger charge is 2.32. The summed E-state index contributed by atoms with van der Waals surface area (Å²) in [6.45, 7) is 0.341. The minimum absolute atomic E-state index is 0.0414. The first-order valence-corrected chi connectivity index (χ1v) is 7.33. The second kappa shape index (κ2) is 5.86. The van der Waals surface area contributed by atoms with Gasteiger partial charge in [-0.3, -0.25) is 4.40 Å². The largest absolute Gasteiger partial charge is 0.417 e. The lowest BCUT2D eigenvalue weighted by Crippen LogP contribution is -2.07. The van der Waals surface area contributed by atoms with E-state index in [2.05, 4.69) is 4.98 Å². The van der Waals surface area contributed by atoms with Gasteiger partial charge in [-0.05, 0) is 12.6 Å². The summed E-state index contributed by atoms with van der Waals surface area (Å²) < 4.78 is 40.6. The molecule has 0 amide bonds. The number of pyridine rings is 1. The Morgan fingerprint density at radius 1 is 1.17 bits per heavy atom. The number of alkyl halides is 3. The SMILES string of the molecule is NCCc1nc2c(Cl)cc(C(F)(F)F)cn2c1-c1ccccc1. The number of hydrogen-bond acceptors (Lipinski definition) is 2. The van der Waals surface area contributed by atoms with E-state index in [0.717, 1.165) is 17.8 Å².